The smallest absolute Gasteiger partial charge is 0.208 e. The molecule has 86 valence electrons. The third-order valence-corrected chi connectivity index (χ3v) is 3.20. The molecule has 3 nitrogen and oxygen atoms in total. The second-order valence-electron chi connectivity index (χ2n) is 4.12. The van der Waals surface area contributed by atoms with Crippen molar-refractivity contribution in [2.75, 3.05) is 0 Å². The summed E-state index contributed by atoms with van der Waals surface area (Å²) in [5.74, 6) is 1.61. The van der Waals surface area contributed by atoms with Crippen LogP contribution in [0.25, 0.3) is 11.3 Å². The van der Waals surface area contributed by atoms with Crippen molar-refractivity contribution >= 4 is 11.3 Å². The topological polar surface area (TPSA) is 38.1 Å². The van der Waals surface area contributed by atoms with Gasteiger partial charge in [0.1, 0.15) is 0 Å². The SMILES string of the molecule is Cc1cscc1-c1cnc(CNC(C)C)o1. The first kappa shape index (κ1) is 11.4. The number of oxazole rings is 1. The lowest BCUT2D eigenvalue weighted by molar-refractivity contribution is 0.459. The number of rotatable bonds is 4. The van der Waals surface area contributed by atoms with Crippen molar-refractivity contribution in [2.24, 2.45) is 0 Å². The van der Waals surface area contributed by atoms with Gasteiger partial charge in [0.2, 0.25) is 5.89 Å². The predicted molar refractivity (Wildman–Crippen MR) is 66.5 cm³/mol. The van der Waals surface area contributed by atoms with Crippen LogP contribution in [0.5, 0.6) is 0 Å². The molecule has 0 aliphatic heterocycles. The van der Waals surface area contributed by atoms with E-state index in [4.69, 9.17) is 4.42 Å². The van der Waals surface area contributed by atoms with Gasteiger partial charge in [-0.1, -0.05) is 13.8 Å². The van der Waals surface area contributed by atoms with Gasteiger partial charge in [-0.05, 0) is 17.9 Å². The van der Waals surface area contributed by atoms with Crippen LogP contribution in [0.1, 0.15) is 25.3 Å². The van der Waals surface area contributed by atoms with Crippen LogP contribution < -0.4 is 5.32 Å². The van der Waals surface area contributed by atoms with E-state index in [1.807, 2.05) is 0 Å². The van der Waals surface area contributed by atoms with E-state index in [0.29, 0.717) is 12.6 Å². The van der Waals surface area contributed by atoms with E-state index in [1.54, 1.807) is 17.5 Å². The van der Waals surface area contributed by atoms with E-state index in [9.17, 15) is 0 Å². The zero-order chi connectivity index (χ0) is 11.5. The fourth-order valence-electron chi connectivity index (χ4n) is 1.42. The Kier molecular flexibility index (Phi) is 3.41. The molecule has 0 saturated heterocycles. The maximum atomic E-state index is 5.69. The summed E-state index contributed by atoms with van der Waals surface area (Å²) in [6.07, 6.45) is 1.80. The molecule has 0 spiro atoms. The molecule has 2 heterocycles. The summed E-state index contributed by atoms with van der Waals surface area (Å²) in [5, 5.41) is 7.49. The second kappa shape index (κ2) is 4.80. The number of nitrogens with one attached hydrogen (secondary N) is 1. The second-order valence-corrected chi connectivity index (χ2v) is 4.87. The largest absolute Gasteiger partial charge is 0.439 e. The van der Waals surface area contributed by atoms with E-state index in [-0.39, 0.29) is 0 Å². The molecule has 0 fully saturated rings. The summed E-state index contributed by atoms with van der Waals surface area (Å²) >= 11 is 1.69. The maximum Gasteiger partial charge on any atom is 0.208 e. The Labute approximate surface area is 99.5 Å². The van der Waals surface area contributed by atoms with Crippen molar-refractivity contribution < 1.29 is 4.42 Å². The number of nitrogens with zero attached hydrogens (tertiary/aromatic N) is 1. The molecule has 0 unspecified atom stereocenters. The minimum atomic E-state index is 0.443. The Morgan fingerprint density at radius 1 is 1.44 bits per heavy atom. The molecule has 2 aromatic rings. The summed E-state index contributed by atoms with van der Waals surface area (Å²) in [5.41, 5.74) is 2.39. The lowest BCUT2D eigenvalue weighted by atomic mass is 10.2. The number of hydrogen-bond acceptors (Lipinski definition) is 4. The highest BCUT2D eigenvalue weighted by Gasteiger charge is 2.09. The van der Waals surface area contributed by atoms with Crippen LogP contribution in [0.3, 0.4) is 0 Å². The summed E-state index contributed by atoms with van der Waals surface area (Å²) in [7, 11) is 0. The van der Waals surface area contributed by atoms with Crippen LogP contribution in [0.4, 0.5) is 0 Å². The van der Waals surface area contributed by atoms with Gasteiger partial charge in [0, 0.05) is 17.0 Å². The monoisotopic (exact) mass is 236 g/mol. The molecule has 2 rings (SSSR count). The van der Waals surface area contributed by atoms with Gasteiger partial charge < -0.3 is 9.73 Å². The number of thiophene rings is 1. The van der Waals surface area contributed by atoms with Gasteiger partial charge in [0.05, 0.1) is 12.7 Å². The lowest BCUT2D eigenvalue weighted by Gasteiger charge is -2.03. The molecule has 0 saturated carbocycles. The minimum Gasteiger partial charge on any atom is -0.439 e. The van der Waals surface area contributed by atoms with Gasteiger partial charge in [0.15, 0.2) is 5.76 Å². The molecule has 0 aliphatic carbocycles. The normalized spacial score (nSPS) is 11.2. The molecule has 0 aromatic carbocycles. The van der Waals surface area contributed by atoms with Crippen LogP contribution in [-0.4, -0.2) is 11.0 Å². The summed E-state index contributed by atoms with van der Waals surface area (Å²) in [6, 6.07) is 0.443. The molecular weight excluding hydrogens is 220 g/mol. The Morgan fingerprint density at radius 3 is 2.88 bits per heavy atom. The molecule has 0 aliphatic rings. The van der Waals surface area contributed by atoms with E-state index in [1.165, 1.54) is 5.56 Å². The van der Waals surface area contributed by atoms with Crippen LogP contribution in [-0.2, 0) is 6.54 Å². The molecular formula is C12H16N2OS. The Balaban J connectivity index is 2.11. The maximum absolute atomic E-state index is 5.69. The predicted octanol–water partition coefficient (Wildman–Crippen LogP) is 3.21. The zero-order valence-electron chi connectivity index (χ0n) is 9.78. The van der Waals surface area contributed by atoms with Crippen LogP contribution in [0.15, 0.2) is 21.4 Å². The summed E-state index contributed by atoms with van der Waals surface area (Å²) < 4.78 is 5.69. The van der Waals surface area contributed by atoms with Gasteiger partial charge in [-0.2, -0.15) is 11.3 Å². The number of aromatic nitrogens is 1. The Morgan fingerprint density at radius 2 is 2.25 bits per heavy atom. The third-order valence-electron chi connectivity index (χ3n) is 2.34. The molecule has 0 atom stereocenters. The van der Waals surface area contributed by atoms with E-state index >= 15 is 0 Å². The third kappa shape index (κ3) is 2.51. The van der Waals surface area contributed by atoms with E-state index < -0.39 is 0 Å². The van der Waals surface area contributed by atoms with Crippen molar-refractivity contribution in [1.82, 2.24) is 10.3 Å². The quantitative estimate of drug-likeness (QED) is 0.885. The van der Waals surface area contributed by atoms with Crippen molar-refractivity contribution in [1.29, 1.82) is 0 Å². The van der Waals surface area contributed by atoms with E-state index in [2.05, 4.69) is 41.8 Å². The highest BCUT2D eigenvalue weighted by Crippen LogP contribution is 2.27. The van der Waals surface area contributed by atoms with Crippen molar-refractivity contribution in [3.05, 3.63) is 28.4 Å². The molecule has 0 amide bonds. The first-order chi connectivity index (χ1) is 7.66. The van der Waals surface area contributed by atoms with Gasteiger partial charge >= 0.3 is 0 Å². The molecule has 1 N–H and O–H groups in total. The van der Waals surface area contributed by atoms with Crippen molar-refractivity contribution in [3.8, 4) is 11.3 Å². The lowest BCUT2D eigenvalue weighted by Crippen LogP contribution is -2.21. The minimum absolute atomic E-state index is 0.443. The van der Waals surface area contributed by atoms with Gasteiger partial charge in [-0.15, -0.1) is 0 Å². The van der Waals surface area contributed by atoms with Crippen LogP contribution in [0.2, 0.25) is 0 Å². The number of aryl methyl sites for hydroxylation is 1. The molecule has 0 bridgehead atoms. The fourth-order valence-corrected chi connectivity index (χ4v) is 2.26. The van der Waals surface area contributed by atoms with Crippen molar-refractivity contribution in [3.63, 3.8) is 0 Å². The highest BCUT2D eigenvalue weighted by molar-refractivity contribution is 7.08. The van der Waals surface area contributed by atoms with Gasteiger partial charge in [-0.3, -0.25) is 0 Å². The average molecular weight is 236 g/mol. The Bertz CT molecular complexity index is 459. The van der Waals surface area contributed by atoms with Crippen molar-refractivity contribution in [2.45, 2.75) is 33.4 Å². The molecule has 4 heteroatoms. The summed E-state index contributed by atoms with van der Waals surface area (Å²) in [6.45, 7) is 6.97. The first-order valence-electron chi connectivity index (χ1n) is 5.38. The Hall–Kier alpha value is -1.13. The zero-order valence-corrected chi connectivity index (χ0v) is 10.6. The summed E-state index contributed by atoms with van der Waals surface area (Å²) in [4.78, 5) is 4.26. The number of hydrogen-bond donors (Lipinski definition) is 1. The standard InChI is InChI=1S/C12H16N2OS/c1-8(2)13-5-12-14-4-11(15-12)10-7-16-6-9(10)3/h4,6-8,13H,5H2,1-3H3. The van der Waals surface area contributed by atoms with Gasteiger partial charge in [0.25, 0.3) is 0 Å². The van der Waals surface area contributed by atoms with E-state index in [0.717, 1.165) is 17.2 Å². The molecule has 0 radical (unpaired) electrons. The van der Waals surface area contributed by atoms with Crippen LogP contribution in [0, 0.1) is 6.92 Å². The fraction of sp³-hybridized carbons (Fsp3) is 0.417. The molecule has 16 heavy (non-hydrogen) atoms. The molecule has 2 aromatic heterocycles. The van der Waals surface area contributed by atoms with Gasteiger partial charge in [-0.25, -0.2) is 4.98 Å². The average Bonchev–Trinajstić information content (AvgIpc) is 2.83. The van der Waals surface area contributed by atoms with Crippen LogP contribution >= 0.6 is 11.3 Å². The highest BCUT2D eigenvalue weighted by atomic mass is 32.1. The first-order valence-corrected chi connectivity index (χ1v) is 6.32.